The summed E-state index contributed by atoms with van der Waals surface area (Å²) in [5.74, 6) is 0.539. The molecule has 4 aromatic rings. The molecule has 1 N–H and O–H groups in total. The molecule has 3 aromatic carbocycles. The largest absolute Gasteiger partial charge is 0.496 e. The molecule has 32 heavy (non-hydrogen) atoms. The van der Waals surface area contributed by atoms with E-state index in [1.807, 2.05) is 84.5 Å². The van der Waals surface area contributed by atoms with Gasteiger partial charge in [-0.1, -0.05) is 60.7 Å². The molecule has 0 bridgehead atoms. The summed E-state index contributed by atoms with van der Waals surface area (Å²) in [5.41, 5.74) is 5.44. The van der Waals surface area contributed by atoms with Gasteiger partial charge in [0.1, 0.15) is 11.4 Å². The summed E-state index contributed by atoms with van der Waals surface area (Å²) in [7, 11) is 1.64. The van der Waals surface area contributed by atoms with E-state index in [4.69, 9.17) is 9.84 Å². The Morgan fingerprint density at radius 3 is 2.50 bits per heavy atom. The van der Waals surface area contributed by atoms with Crippen LogP contribution >= 0.6 is 0 Å². The molecule has 5 heteroatoms. The number of nitrogens with zero attached hydrogens (tertiary/aromatic N) is 2. The van der Waals surface area contributed by atoms with Gasteiger partial charge in [-0.3, -0.25) is 9.48 Å². The first kappa shape index (κ1) is 21.1. The fourth-order valence-corrected chi connectivity index (χ4v) is 3.51. The van der Waals surface area contributed by atoms with Crippen LogP contribution in [0.25, 0.3) is 17.3 Å². The van der Waals surface area contributed by atoms with E-state index >= 15 is 0 Å². The molecule has 0 spiro atoms. The number of carbonyl (C=O) groups is 1. The molecule has 1 aromatic heterocycles. The molecule has 0 radical (unpaired) electrons. The van der Waals surface area contributed by atoms with Crippen molar-refractivity contribution in [3.8, 4) is 17.0 Å². The molecule has 0 aliphatic heterocycles. The number of hydrogen-bond acceptors (Lipinski definition) is 3. The second-order valence-electron chi connectivity index (χ2n) is 7.45. The smallest absolute Gasteiger partial charge is 0.248 e. The standard InChI is InChI=1S/C27H25N3O2/c1-20-10-6-8-14-24(20)28-26(31)17-16-22-19-30(18-21-11-4-3-5-12-21)29-27(22)23-13-7-9-15-25(23)32-2/h3-17,19H,18H2,1-2H3,(H,28,31)/b17-16+. The molecule has 1 heterocycles. The number of aryl methyl sites for hydroxylation is 1. The topological polar surface area (TPSA) is 56.2 Å². The Morgan fingerprint density at radius 2 is 1.72 bits per heavy atom. The number of rotatable bonds is 7. The normalized spacial score (nSPS) is 10.9. The van der Waals surface area contributed by atoms with Crippen LogP contribution in [0.3, 0.4) is 0 Å². The second kappa shape index (κ2) is 9.79. The SMILES string of the molecule is COc1ccccc1-c1nn(Cc2ccccc2)cc1/C=C/C(=O)Nc1ccccc1C. The predicted molar refractivity (Wildman–Crippen MR) is 129 cm³/mol. The number of methoxy groups -OCH3 is 1. The average Bonchev–Trinajstić information content (AvgIpc) is 3.22. The first-order chi connectivity index (χ1) is 15.6. The zero-order chi connectivity index (χ0) is 22.3. The summed E-state index contributed by atoms with van der Waals surface area (Å²) in [6.07, 6.45) is 5.28. The van der Waals surface area contributed by atoms with Crippen LogP contribution in [0.4, 0.5) is 5.69 Å². The van der Waals surface area contributed by atoms with Crippen molar-refractivity contribution < 1.29 is 9.53 Å². The van der Waals surface area contributed by atoms with Crippen LogP contribution in [0.1, 0.15) is 16.7 Å². The molecular formula is C27H25N3O2. The van der Waals surface area contributed by atoms with Crippen molar-refractivity contribution in [3.63, 3.8) is 0 Å². The Hall–Kier alpha value is -4.12. The zero-order valence-electron chi connectivity index (χ0n) is 18.2. The Morgan fingerprint density at radius 1 is 1.00 bits per heavy atom. The van der Waals surface area contributed by atoms with Crippen molar-refractivity contribution in [1.82, 2.24) is 9.78 Å². The van der Waals surface area contributed by atoms with Crippen LogP contribution in [-0.4, -0.2) is 22.8 Å². The minimum absolute atomic E-state index is 0.193. The van der Waals surface area contributed by atoms with Crippen LogP contribution in [0.2, 0.25) is 0 Å². The van der Waals surface area contributed by atoms with E-state index in [1.165, 1.54) is 6.08 Å². The Kier molecular flexibility index (Phi) is 6.46. The molecule has 4 rings (SSSR count). The number of benzene rings is 3. The number of carbonyl (C=O) groups excluding carboxylic acids is 1. The highest BCUT2D eigenvalue weighted by molar-refractivity contribution is 6.02. The molecule has 5 nitrogen and oxygen atoms in total. The number of anilines is 1. The van der Waals surface area contributed by atoms with Gasteiger partial charge in [-0.15, -0.1) is 0 Å². The molecule has 0 atom stereocenters. The lowest BCUT2D eigenvalue weighted by Gasteiger charge is -2.07. The van der Waals surface area contributed by atoms with Crippen molar-refractivity contribution in [1.29, 1.82) is 0 Å². The Balaban J connectivity index is 1.65. The number of nitrogens with one attached hydrogen (secondary N) is 1. The highest BCUT2D eigenvalue weighted by Crippen LogP contribution is 2.31. The maximum Gasteiger partial charge on any atom is 0.248 e. The van der Waals surface area contributed by atoms with Gasteiger partial charge in [-0.05, 0) is 42.3 Å². The van der Waals surface area contributed by atoms with Crippen LogP contribution in [-0.2, 0) is 11.3 Å². The van der Waals surface area contributed by atoms with E-state index in [0.717, 1.165) is 39.4 Å². The van der Waals surface area contributed by atoms with Crippen molar-refractivity contribution >= 4 is 17.7 Å². The summed E-state index contributed by atoms with van der Waals surface area (Å²) in [6.45, 7) is 2.60. The van der Waals surface area contributed by atoms with Gasteiger partial charge in [0.05, 0.1) is 13.7 Å². The summed E-state index contributed by atoms with van der Waals surface area (Å²) in [4.78, 5) is 12.6. The van der Waals surface area contributed by atoms with E-state index in [0.29, 0.717) is 6.54 Å². The van der Waals surface area contributed by atoms with Crippen LogP contribution < -0.4 is 10.1 Å². The number of amides is 1. The fourth-order valence-electron chi connectivity index (χ4n) is 3.51. The Labute approximate surface area is 188 Å². The molecule has 0 fully saturated rings. The van der Waals surface area contributed by atoms with Crippen molar-refractivity contribution in [2.24, 2.45) is 0 Å². The number of hydrogen-bond donors (Lipinski definition) is 1. The molecule has 160 valence electrons. The lowest BCUT2D eigenvalue weighted by Crippen LogP contribution is -2.08. The van der Waals surface area contributed by atoms with E-state index < -0.39 is 0 Å². The van der Waals surface area contributed by atoms with Gasteiger partial charge in [0.25, 0.3) is 0 Å². The highest BCUT2D eigenvalue weighted by atomic mass is 16.5. The molecule has 0 aliphatic carbocycles. The fraction of sp³-hybridized carbons (Fsp3) is 0.111. The lowest BCUT2D eigenvalue weighted by molar-refractivity contribution is -0.111. The third-order valence-electron chi connectivity index (χ3n) is 5.16. The molecule has 0 aliphatic rings. The molecule has 1 amide bonds. The van der Waals surface area contributed by atoms with E-state index in [1.54, 1.807) is 13.2 Å². The quantitative estimate of drug-likeness (QED) is 0.396. The summed E-state index contributed by atoms with van der Waals surface area (Å²) >= 11 is 0. The third kappa shape index (κ3) is 4.95. The van der Waals surface area contributed by atoms with E-state index in [2.05, 4.69) is 17.4 Å². The Bertz CT molecular complexity index is 1240. The van der Waals surface area contributed by atoms with E-state index in [9.17, 15) is 4.79 Å². The second-order valence-corrected chi connectivity index (χ2v) is 7.45. The van der Waals surface area contributed by atoms with Gasteiger partial charge in [0.15, 0.2) is 0 Å². The third-order valence-corrected chi connectivity index (χ3v) is 5.16. The monoisotopic (exact) mass is 423 g/mol. The minimum Gasteiger partial charge on any atom is -0.496 e. The average molecular weight is 424 g/mol. The summed E-state index contributed by atoms with van der Waals surface area (Å²) < 4.78 is 7.43. The van der Waals surface area contributed by atoms with Crippen LogP contribution in [0.15, 0.2) is 91.1 Å². The zero-order valence-corrected chi connectivity index (χ0v) is 18.2. The lowest BCUT2D eigenvalue weighted by atomic mass is 10.1. The minimum atomic E-state index is -0.193. The van der Waals surface area contributed by atoms with Crippen molar-refractivity contribution in [3.05, 3.63) is 108 Å². The molecule has 0 saturated heterocycles. The van der Waals surface area contributed by atoms with Gasteiger partial charge in [0, 0.05) is 29.1 Å². The van der Waals surface area contributed by atoms with E-state index in [-0.39, 0.29) is 5.91 Å². The number of ether oxygens (including phenoxy) is 1. The highest BCUT2D eigenvalue weighted by Gasteiger charge is 2.14. The van der Waals surface area contributed by atoms with Gasteiger partial charge in [-0.25, -0.2) is 0 Å². The van der Waals surface area contributed by atoms with Gasteiger partial charge in [0.2, 0.25) is 5.91 Å². The summed E-state index contributed by atoms with van der Waals surface area (Å²) in [5, 5.41) is 7.75. The number of para-hydroxylation sites is 2. The molecular weight excluding hydrogens is 398 g/mol. The maximum atomic E-state index is 12.6. The summed E-state index contributed by atoms with van der Waals surface area (Å²) in [6, 6.07) is 25.6. The first-order valence-corrected chi connectivity index (χ1v) is 10.4. The first-order valence-electron chi connectivity index (χ1n) is 10.4. The predicted octanol–water partition coefficient (Wildman–Crippen LogP) is 5.57. The van der Waals surface area contributed by atoms with Crippen LogP contribution in [0, 0.1) is 6.92 Å². The van der Waals surface area contributed by atoms with Gasteiger partial charge < -0.3 is 10.1 Å². The molecule has 0 saturated carbocycles. The number of aromatic nitrogens is 2. The molecule has 0 unspecified atom stereocenters. The van der Waals surface area contributed by atoms with Gasteiger partial charge >= 0.3 is 0 Å². The van der Waals surface area contributed by atoms with Crippen molar-refractivity contribution in [2.45, 2.75) is 13.5 Å². The van der Waals surface area contributed by atoms with Gasteiger partial charge in [-0.2, -0.15) is 5.10 Å². The van der Waals surface area contributed by atoms with Crippen LogP contribution in [0.5, 0.6) is 5.75 Å². The maximum absolute atomic E-state index is 12.6. The van der Waals surface area contributed by atoms with Crippen molar-refractivity contribution in [2.75, 3.05) is 12.4 Å².